The summed E-state index contributed by atoms with van der Waals surface area (Å²) in [7, 11) is 0. The van der Waals surface area contributed by atoms with Gasteiger partial charge in [0.25, 0.3) is 0 Å². The van der Waals surface area contributed by atoms with Crippen molar-refractivity contribution in [3.8, 4) is 5.75 Å². The molecular formula is C20H32O2. The van der Waals surface area contributed by atoms with Gasteiger partial charge in [-0.2, -0.15) is 0 Å². The number of unbranched alkanes of at least 4 members (excludes halogenated alkanes) is 4. The van der Waals surface area contributed by atoms with E-state index in [-0.39, 0.29) is 5.60 Å². The van der Waals surface area contributed by atoms with Gasteiger partial charge < -0.3 is 9.47 Å². The van der Waals surface area contributed by atoms with Gasteiger partial charge in [0.05, 0.1) is 6.26 Å². The standard InChI is InChI=1S/C20H32O2/c1-4-7-12-16-20(18-21-6-3,17-13-8-5-2)22-19-14-10-9-11-15-19/h6,9-11,14-15H,3-5,7-8,12-13,16-18H2,1-2H3. The second kappa shape index (κ2) is 11.2. The molecule has 0 saturated heterocycles. The zero-order chi connectivity index (χ0) is 16.1. The number of para-hydroxylation sites is 1. The predicted octanol–water partition coefficient (Wildman–Crippen LogP) is 6.12. The van der Waals surface area contributed by atoms with Crippen LogP contribution in [0.15, 0.2) is 43.2 Å². The largest absolute Gasteiger partial charge is 0.498 e. The normalized spacial score (nSPS) is 11.2. The van der Waals surface area contributed by atoms with Crippen LogP contribution in [0.4, 0.5) is 0 Å². The Labute approximate surface area is 136 Å². The second-order valence-electron chi connectivity index (χ2n) is 5.99. The summed E-state index contributed by atoms with van der Waals surface area (Å²) >= 11 is 0. The minimum absolute atomic E-state index is 0.236. The van der Waals surface area contributed by atoms with Gasteiger partial charge >= 0.3 is 0 Å². The van der Waals surface area contributed by atoms with Crippen LogP contribution in [-0.4, -0.2) is 12.2 Å². The molecule has 2 nitrogen and oxygen atoms in total. The Balaban J connectivity index is 2.81. The highest BCUT2D eigenvalue weighted by Crippen LogP contribution is 2.29. The third kappa shape index (κ3) is 7.02. The monoisotopic (exact) mass is 304 g/mol. The first-order chi connectivity index (χ1) is 10.8. The van der Waals surface area contributed by atoms with Gasteiger partial charge in [-0.3, -0.25) is 0 Å². The van der Waals surface area contributed by atoms with E-state index in [9.17, 15) is 0 Å². The molecule has 1 rings (SSSR count). The maximum atomic E-state index is 6.42. The average molecular weight is 304 g/mol. The van der Waals surface area contributed by atoms with Crippen LogP contribution in [0.3, 0.4) is 0 Å². The van der Waals surface area contributed by atoms with Crippen molar-refractivity contribution < 1.29 is 9.47 Å². The highest BCUT2D eigenvalue weighted by Gasteiger charge is 2.32. The van der Waals surface area contributed by atoms with E-state index < -0.39 is 0 Å². The highest BCUT2D eigenvalue weighted by atomic mass is 16.5. The quantitative estimate of drug-likeness (QED) is 0.322. The molecular weight excluding hydrogens is 272 g/mol. The van der Waals surface area contributed by atoms with E-state index >= 15 is 0 Å². The van der Waals surface area contributed by atoms with Gasteiger partial charge in [0, 0.05) is 0 Å². The van der Waals surface area contributed by atoms with Gasteiger partial charge in [0.2, 0.25) is 0 Å². The molecule has 0 atom stereocenters. The van der Waals surface area contributed by atoms with Crippen molar-refractivity contribution in [3.63, 3.8) is 0 Å². The van der Waals surface area contributed by atoms with Gasteiger partial charge in [0.15, 0.2) is 0 Å². The third-order valence-electron chi connectivity index (χ3n) is 4.01. The lowest BCUT2D eigenvalue weighted by Crippen LogP contribution is -2.41. The number of rotatable bonds is 13. The molecule has 0 unspecified atom stereocenters. The summed E-state index contributed by atoms with van der Waals surface area (Å²) in [5, 5.41) is 0. The molecule has 0 bridgehead atoms. The Morgan fingerprint density at radius 1 is 0.955 bits per heavy atom. The molecule has 0 heterocycles. The fourth-order valence-electron chi connectivity index (χ4n) is 2.74. The van der Waals surface area contributed by atoms with E-state index in [1.54, 1.807) is 0 Å². The molecule has 0 saturated carbocycles. The molecule has 22 heavy (non-hydrogen) atoms. The molecule has 0 fully saturated rings. The maximum absolute atomic E-state index is 6.42. The van der Waals surface area contributed by atoms with Crippen LogP contribution in [0.2, 0.25) is 0 Å². The molecule has 1 aromatic rings. The van der Waals surface area contributed by atoms with Crippen LogP contribution in [0, 0.1) is 0 Å². The summed E-state index contributed by atoms with van der Waals surface area (Å²) in [6.45, 7) is 8.73. The summed E-state index contributed by atoms with van der Waals surface area (Å²) in [5.74, 6) is 0.933. The summed E-state index contributed by atoms with van der Waals surface area (Å²) in [5.41, 5.74) is -0.236. The van der Waals surface area contributed by atoms with Gasteiger partial charge in [-0.25, -0.2) is 0 Å². The van der Waals surface area contributed by atoms with Crippen LogP contribution in [-0.2, 0) is 4.74 Å². The first-order valence-corrected chi connectivity index (χ1v) is 8.73. The van der Waals surface area contributed by atoms with E-state index in [0.29, 0.717) is 6.61 Å². The lowest BCUT2D eigenvalue weighted by Gasteiger charge is -2.34. The Hall–Kier alpha value is -1.44. The highest BCUT2D eigenvalue weighted by molar-refractivity contribution is 5.22. The topological polar surface area (TPSA) is 18.5 Å². The van der Waals surface area contributed by atoms with Crippen molar-refractivity contribution in [3.05, 3.63) is 43.2 Å². The zero-order valence-corrected chi connectivity index (χ0v) is 14.4. The van der Waals surface area contributed by atoms with Crippen LogP contribution in [0.25, 0.3) is 0 Å². The van der Waals surface area contributed by atoms with Crippen molar-refractivity contribution in [1.29, 1.82) is 0 Å². The Morgan fingerprint density at radius 2 is 1.55 bits per heavy atom. The molecule has 0 aromatic heterocycles. The van der Waals surface area contributed by atoms with Gasteiger partial charge in [-0.05, 0) is 37.8 Å². The molecule has 0 aliphatic heterocycles. The van der Waals surface area contributed by atoms with Crippen molar-refractivity contribution >= 4 is 0 Å². The maximum Gasteiger partial charge on any atom is 0.143 e. The predicted molar refractivity (Wildman–Crippen MR) is 94.2 cm³/mol. The lowest BCUT2D eigenvalue weighted by atomic mass is 9.90. The number of ether oxygens (including phenoxy) is 2. The zero-order valence-electron chi connectivity index (χ0n) is 14.4. The Bertz CT molecular complexity index is 376. The van der Waals surface area contributed by atoms with E-state index in [1.165, 1.54) is 44.8 Å². The second-order valence-corrected chi connectivity index (χ2v) is 5.99. The van der Waals surface area contributed by atoms with Crippen LogP contribution < -0.4 is 4.74 Å². The van der Waals surface area contributed by atoms with Crippen molar-refractivity contribution in [2.45, 2.75) is 70.8 Å². The average Bonchev–Trinajstić information content (AvgIpc) is 2.54. The van der Waals surface area contributed by atoms with Crippen molar-refractivity contribution in [2.75, 3.05) is 6.61 Å². The Morgan fingerprint density at radius 3 is 2.05 bits per heavy atom. The van der Waals surface area contributed by atoms with Gasteiger partial charge in [0.1, 0.15) is 18.0 Å². The van der Waals surface area contributed by atoms with E-state index in [0.717, 1.165) is 18.6 Å². The van der Waals surface area contributed by atoms with E-state index in [2.05, 4.69) is 20.4 Å². The molecule has 1 aromatic carbocycles. The van der Waals surface area contributed by atoms with Gasteiger partial charge in [-0.1, -0.05) is 64.3 Å². The summed E-state index contributed by atoms with van der Waals surface area (Å²) in [4.78, 5) is 0. The molecule has 124 valence electrons. The fourth-order valence-corrected chi connectivity index (χ4v) is 2.74. The number of benzene rings is 1. The minimum atomic E-state index is -0.236. The van der Waals surface area contributed by atoms with Gasteiger partial charge in [-0.15, -0.1) is 0 Å². The summed E-state index contributed by atoms with van der Waals surface area (Å²) < 4.78 is 12.0. The molecule has 0 radical (unpaired) electrons. The molecule has 0 N–H and O–H groups in total. The Kier molecular flexibility index (Phi) is 9.45. The van der Waals surface area contributed by atoms with Crippen LogP contribution in [0.5, 0.6) is 5.75 Å². The first kappa shape index (κ1) is 18.6. The van der Waals surface area contributed by atoms with Crippen LogP contribution >= 0.6 is 0 Å². The first-order valence-electron chi connectivity index (χ1n) is 8.73. The third-order valence-corrected chi connectivity index (χ3v) is 4.01. The molecule has 0 amide bonds. The van der Waals surface area contributed by atoms with E-state index in [1.807, 2.05) is 30.3 Å². The molecule has 2 heteroatoms. The van der Waals surface area contributed by atoms with Crippen molar-refractivity contribution in [2.24, 2.45) is 0 Å². The number of hydrogen-bond donors (Lipinski definition) is 0. The van der Waals surface area contributed by atoms with Crippen molar-refractivity contribution in [1.82, 2.24) is 0 Å². The fraction of sp³-hybridized carbons (Fsp3) is 0.600. The van der Waals surface area contributed by atoms with Crippen LogP contribution in [0.1, 0.15) is 65.2 Å². The molecule has 0 spiro atoms. The minimum Gasteiger partial charge on any atom is -0.498 e. The van der Waals surface area contributed by atoms with E-state index in [4.69, 9.17) is 9.47 Å². The molecule has 0 aliphatic rings. The summed E-state index contributed by atoms with van der Waals surface area (Å²) in [6, 6.07) is 10.1. The SMILES string of the molecule is C=COCC(CCCCC)(CCCCC)Oc1ccccc1. The number of hydrogen-bond acceptors (Lipinski definition) is 2. The summed E-state index contributed by atoms with van der Waals surface area (Å²) in [6.07, 6.45) is 10.9. The molecule has 0 aliphatic carbocycles. The smallest absolute Gasteiger partial charge is 0.143 e. The lowest BCUT2D eigenvalue weighted by molar-refractivity contribution is -0.0139.